The average molecular weight is 303 g/mol. The minimum atomic E-state index is -1.00. The van der Waals surface area contributed by atoms with Crippen LogP contribution in [-0.2, 0) is 5.60 Å². The number of aliphatic hydroxyl groups is 1. The molecule has 108 valence electrons. The second-order valence-corrected chi connectivity index (χ2v) is 5.82. The third-order valence-corrected chi connectivity index (χ3v) is 3.47. The minimum Gasteiger partial charge on any atom is -0.384 e. The third-order valence-electron chi connectivity index (χ3n) is 3.29. The summed E-state index contributed by atoms with van der Waals surface area (Å²) in [4.78, 5) is 12.8. The molecule has 0 saturated carbocycles. The van der Waals surface area contributed by atoms with Gasteiger partial charge in [0.1, 0.15) is 11.4 Å². The topological polar surface area (TPSA) is 63.8 Å². The van der Waals surface area contributed by atoms with E-state index in [2.05, 4.69) is 15.0 Å². The molecule has 1 N–H and O–H groups in total. The lowest BCUT2D eigenvalue weighted by molar-refractivity contribution is 0.0738. The molecule has 0 amide bonds. The third kappa shape index (κ3) is 2.50. The van der Waals surface area contributed by atoms with Crippen LogP contribution in [0.4, 0.5) is 0 Å². The quantitative estimate of drug-likeness (QED) is 0.739. The van der Waals surface area contributed by atoms with Crippen molar-refractivity contribution in [1.82, 2.24) is 19.5 Å². The Balaban J connectivity index is 2.25. The number of pyridine rings is 1. The Labute approximate surface area is 127 Å². The highest BCUT2D eigenvalue weighted by molar-refractivity contribution is 6.28. The van der Waals surface area contributed by atoms with Crippen molar-refractivity contribution in [2.45, 2.75) is 26.4 Å². The maximum atomic E-state index is 10.1. The van der Waals surface area contributed by atoms with Crippen molar-refractivity contribution in [2.75, 3.05) is 0 Å². The van der Waals surface area contributed by atoms with E-state index >= 15 is 0 Å². The minimum absolute atomic E-state index is 0.195. The Morgan fingerprint density at radius 3 is 2.71 bits per heavy atom. The van der Waals surface area contributed by atoms with E-state index in [1.807, 2.05) is 29.7 Å². The second-order valence-electron chi connectivity index (χ2n) is 5.48. The van der Waals surface area contributed by atoms with Crippen LogP contribution < -0.4 is 0 Å². The molecule has 0 saturated heterocycles. The Hall–Kier alpha value is -1.98. The van der Waals surface area contributed by atoms with E-state index < -0.39 is 5.60 Å². The van der Waals surface area contributed by atoms with Gasteiger partial charge in [-0.25, -0.2) is 9.97 Å². The number of fused-ring (bicyclic) bond motifs is 1. The molecule has 6 heteroatoms. The molecule has 0 atom stereocenters. The summed E-state index contributed by atoms with van der Waals surface area (Å²) in [5, 5.41) is 11.2. The first-order valence-corrected chi connectivity index (χ1v) is 6.95. The Kier molecular flexibility index (Phi) is 3.19. The lowest BCUT2D eigenvalue weighted by atomic mass is 10.1. The van der Waals surface area contributed by atoms with Crippen LogP contribution in [0.15, 0.2) is 30.5 Å². The second kappa shape index (κ2) is 4.79. The first-order valence-electron chi connectivity index (χ1n) is 6.57. The first-order chi connectivity index (χ1) is 9.86. The van der Waals surface area contributed by atoms with Crippen LogP contribution in [0.5, 0.6) is 0 Å². The molecule has 3 rings (SSSR count). The average Bonchev–Trinajstić information content (AvgIpc) is 2.73. The van der Waals surface area contributed by atoms with Crippen LogP contribution in [0.25, 0.3) is 16.9 Å². The van der Waals surface area contributed by atoms with Gasteiger partial charge in [0.2, 0.25) is 5.28 Å². The molecule has 3 aromatic heterocycles. The zero-order chi connectivity index (χ0) is 15.2. The predicted octanol–water partition coefficient (Wildman–Crippen LogP) is 3.00. The number of halogens is 1. The number of aryl methyl sites for hydroxylation is 1. The molecule has 0 radical (unpaired) electrons. The van der Waals surface area contributed by atoms with Gasteiger partial charge in [-0.1, -0.05) is 6.07 Å². The number of hydrogen-bond donors (Lipinski definition) is 1. The van der Waals surface area contributed by atoms with Gasteiger partial charge < -0.3 is 5.11 Å². The molecule has 0 spiro atoms. The van der Waals surface area contributed by atoms with Crippen LogP contribution in [0.1, 0.15) is 25.2 Å². The van der Waals surface area contributed by atoms with Crippen LogP contribution in [-0.4, -0.2) is 24.6 Å². The van der Waals surface area contributed by atoms with Gasteiger partial charge in [0, 0.05) is 17.3 Å². The molecule has 0 unspecified atom stereocenters. The highest BCUT2D eigenvalue weighted by Crippen LogP contribution is 2.24. The van der Waals surface area contributed by atoms with Crippen molar-refractivity contribution < 1.29 is 5.11 Å². The smallest absolute Gasteiger partial charge is 0.224 e. The maximum absolute atomic E-state index is 10.1. The highest BCUT2D eigenvalue weighted by Gasteiger charge is 2.19. The largest absolute Gasteiger partial charge is 0.384 e. The summed E-state index contributed by atoms with van der Waals surface area (Å²) < 4.78 is 1.90. The van der Waals surface area contributed by atoms with Crippen molar-refractivity contribution in [3.8, 4) is 5.82 Å². The Morgan fingerprint density at radius 2 is 2.00 bits per heavy atom. The molecule has 0 aliphatic heterocycles. The van der Waals surface area contributed by atoms with Gasteiger partial charge in [0.15, 0.2) is 5.65 Å². The van der Waals surface area contributed by atoms with Crippen molar-refractivity contribution in [3.63, 3.8) is 0 Å². The van der Waals surface area contributed by atoms with Gasteiger partial charge in [-0.15, -0.1) is 0 Å². The van der Waals surface area contributed by atoms with Crippen molar-refractivity contribution in [1.29, 1.82) is 0 Å². The van der Waals surface area contributed by atoms with E-state index in [0.717, 1.165) is 11.1 Å². The van der Waals surface area contributed by atoms with Gasteiger partial charge in [-0.05, 0) is 50.6 Å². The number of aromatic nitrogens is 4. The molecule has 0 bridgehead atoms. The summed E-state index contributed by atoms with van der Waals surface area (Å²) in [6.45, 7) is 5.38. The van der Waals surface area contributed by atoms with E-state index in [1.165, 1.54) is 0 Å². The van der Waals surface area contributed by atoms with E-state index in [4.69, 9.17) is 11.6 Å². The lowest BCUT2D eigenvalue weighted by Crippen LogP contribution is -2.18. The summed E-state index contributed by atoms with van der Waals surface area (Å²) >= 11 is 5.90. The van der Waals surface area contributed by atoms with Crippen LogP contribution in [0, 0.1) is 6.92 Å². The number of nitrogens with zero attached hydrogens (tertiary/aromatic N) is 4. The van der Waals surface area contributed by atoms with Gasteiger partial charge in [-0.3, -0.25) is 4.57 Å². The van der Waals surface area contributed by atoms with Crippen LogP contribution in [0.2, 0.25) is 5.28 Å². The van der Waals surface area contributed by atoms with Gasteiger partial charge >= 0.3 is 0 Å². The molecule has 5 nitrogen and oxygen atoms in total. The zero-order valence-corrected chi connectivity index (χ0v) is 12.8. The van der Waals surface area contributed by atoms with Crippen molar-refractivity contribution in [2.24, 2.45) is 0 Å². The lowest BCUT2D eigenvalue weighted by Gasteiger charge is -2.17. The summed E-state index contributed by atoms with van der Waals surface area (Å²) in [6, 6.07) is 7.51. The number of rotatable bonds is 2. The molecular formula is C15H15ClN4O. The van der Waals surface area contributed by atoms with E-state index in [9.17, 15) is 5.11 Å². The SMILES string of the molecule is Cc1cc2cnc(Cl)nc2n1-c1cccc(C(C)(C)O)n1. The molecular weight excluding hydrogens is 288 g/mol. The van der Waals surface area contributed by atoms with E-state index in [-0.39, 0.29) is 5.28 Å². The molecule has 0 aliphatic carbocycles. The summed E-state index contributed by atoms with van der Waals surface area (Å²) in [7, 11) is 0. The summed E-state index contributed by atoms with van der Waals surface area (Å²) in [5.41, 5.74) is 1.27. The van der Waals surface area contributed by atoms with E-state index in [1.54, 1.807) is 26.1 Å². The van der Waals surface area contributed by atoms with Gasteiger partial charge in [0.05, 0.1) is 5.69 Å². The van der Waals surface area contributed by atoms with Crippen LogP contribution >= 0.6 is 11.6 Å². The fourth-order valence-electron chi connectivity index (χ4n) is 2.28. The van der Waals surface area contributed by atoms with Crippen molar-refractivity contribution in [3.05, 3.63) is 47.1 Å². The van der Waals surface area contributed by atoms with E-state index in [0.29, 0.717) is 17.2 Å². The van der Waals surface area contributed by atoms with Crippen molar-refractivity contribution >= 4 is 22.6 Å². The monoisotopic (exact) mass is 302 g/mol. The Morgan fingerprint density at radius 1 is 1.24 bits per heavy atom. The maximum Gasteiger partial charge on any atom is 0.224 e. The first kappa shape index (κ1) is 14.0. The summed E-state index contributed by atoms with van der Waals surface area (Å²) in [5.74, 6) is 0.692. The Bertz CT molecular complexity index is 820. The molecule has 0 aliphatic rings. The fraction of sp³-hybridized carbons (Fsp3) is 0.267. The molecule has 0 fully saturated rings. The number of hydrogen-bond acceptors (Lipinski definition) is 4. The molecule has 0 aromatic carbocycles. The highest BCUT2D eigenvalue weighted by atomic mass is 35.5. The summed E-state index contributed by atoms with van der Waals surface area (Å²) in [6.07, 6.45) is 1.69. The molecule has 3 aromatic rings. The fourth-order valence-corrected chi connectivity index (χ4v) is 2.41. The molecule has 21 heavy (non-hydrogen) atoms. The molecule has 3 heterocycles. The van der Waals surface area contributed by atoms with Gasteiger partial charge in [-0.2, -0.15) is 4.98 Å². The van der Waals surface area contributed by atoms with Crippen LogP contribution in [0.3, 0.4) is 0 Å². The predicted molar refractivity (Wildman–Crippen MR) is 81.7 cm³/mol. The van der Waals surface area contributed by atoms with Gasteiger partial charge in [0.25, 0.3) is 0 Å². The normalized spacial score (nSPS) is 12.0. The zero-order valence-electron chi connectivity index (χ0n) is 12.0. The standard InChI is InChI=1S/C15H15ClN4O/c1-9-7-10-8-17-14(16)19-13(10)20(9)12-6-4-5-11(18-12)15(2,3)21/h4-8,21H,1-3H3.